The van der Waals surface area contributed by atoms with Crippen LogP contribution in [0.2, 0.25) is 0 Å². The molecule has 98 valence electrons. The minimum Gasteiger partial charge on any atom is -0.390 e. The predicted octanol–water partition coefficient (Wildman–Crippen LogP) is 1.99. The molecular formula is C13H30N2O. The Morgan fingerprint density at radius 2 is 1.69 bits per heavy atom. The first-order valence-electron chi connectivity index (χ1n) is 6.46. The van der Waals surface area contributed by atoms with E-state index in [1.807, 2.05) is 13.8 Å². The van der Waals surface area contributed by atoms with E-state index in [-0.39, 0.29) is 5.54 Å². The third kappa shape index (κ3) is 5.28. The molecule has 1 unspecified atom stereocenters. The predicted molar refractivity (Wildman–Crippen MR) is 70.5 cm³/mol. The summed E-state index contributed by atoms with van der Waals surface area (Å²) in [5, 5.41) is 9.79. The highest BCUT2D eigenvalue weighted by Crippen LogP contribution is 2.20. The average molecular weight is 230 g/mol. The van der Waals surface area contributed by atoms with Gasteiger partial charge in [-0.1, -0.05) is 13.8 Å². The van der Waals surface area contributed by atoms with Crippen molar-refractivity contribution in [1.29, 1.82) is 0 Å². The molecule has 0 amide bonds. The topological polar surface area (TPSA) is 49.5 Å². The Balaban J connectivity index is 4.47. The zero-order valence-corrected chi connectivity index (χ0v) is 11.7. The smallest absolute Gasteiger partial charge is 0.0603 e. The van der Waals surface area contributed by atoms with Gasteiger partial charge in [-0.15, -0.1) is 0 Å². The number of nitrogens with two attached hydrogens (primary N) is 1. The van der Waals surface area contributed by atoms with Crippen molar-refractivity contribution < 1.29 is 5.11 Å². The van der Waals surface area contributed by atoms with E-state index in [2.05, 4.69) is 25.7 Å². The van der Waals surface area contributed by atoms with Crippen LogP contribution in [0.25, 0.3) is 0 Å². The van der Waals surface area contributed by atoms with Crippen molar-refractivity contribution in [3.05, 3.63) is 0 Å². The molecule has 3 heteroatoms. The first-order valence-corrected chi connectivity index (χ1v) is 6.46. The third-order valence-electron chi connectivity index (χ3n) is 3.45. The summed E-state index contributed by atoms with van der Waals surface area (Å²) in [4.78, 5) is 2.42. The summed E-state index contributed by atoms with van der Waals surface area (Å²) in [6.45, 7) is 13.0. The lowest BCUT2D eigenvalue weighted by Crippen LogP contribution is -2.52. The molecule has 0 radical (unpaired) electrons. The first kappa shape index (κ1) is 15.9. The van der Waals surface area contributed by atoms with Gasteiger partial charge in [0.15, 0.2) is 0 Å². The van der Waals surface area contributed by atoms with E-state index in [4.69, 9.17) is 5.73 Å². The fraction of sp³-hybridized carbons (Fsp3) is 1.00. The minimum atomic E-state index is -0.588. The highest BCUT2D eigenvalue weighted by atomic mass is 16.3. The summed E-state index contributed by atoms with van der Waals surface area (Å²) < 4.78 is 0. The maximum absolute atomic E-state index is 9.79. The number of nitrogens with zero attached hydrogens (tertiary/aromatic N) is 1. The summed E-state index contributed by atoms with van der Waals surface area (Å²) >= 11 is 0. The van der Waals surface area contributed by atoms with E-state index in [0.717, 1.165) is 32.4 Å². The number of aliphatic hydroxyl groups is 1. The van der Waals surface area contributed by atoms with Crippen LogP contribution in [-0.2, 0) is 0 Å². The maximum Gasteiger partial charge on any atom is 0.0603 e. The van der Waals surface area contributed by atoms with Crippen LogP contribution in [0, 0.1) is 0 Å². The summed E-state index contributed by atoms with van der Waals surface area (Å²) in [5.74, 6) is 0. The largest absolute Gasteiger partial charge is 0.390 e. The van der Waals surface area contributed by atoms with E-state index in [0.29, 0.717) is 6.54 Å². The van der Waals surface area contributed by atoms with Crippen molar-refractivity contribution in [3.63, 3.8) is 0 Å². The molecule has 0 aliphatic carbocycles. The molecular weight excluding hydrogens is 200 g/mol. The van der Waals surface area contributed by atoms with Gasteiger partial charge in [-0.3, -0.25) is 4.90 Å². The van der Waals surface area contributed by atoms with E-state index >= 15 is 0 Å². The van der Waals surface area contributed by atoms with Gasteiger partial charge in [0.2, 0.25) is 0 Å². The van der Waals surface area contributed by atoms with E-state index in [1.54, 1.807) is 0 Å². The number of rotatable bonds is 8. The molecule has 16 heavy (non-hydrogen) atoms. The molecule has 0 saturated heterocycles. The van der Waals surface area contributed by atoms with Crippen molar-refractivity contribution in [3.8, 4) is 0 Å². The van der Waals surface area contributed by atoms with E-state index in [1.165, 1.54) is 0 Å². The molecule has 1 atom stereocenters. The molecule has 0 fully saturated rings. The average Bonchev–Trinajstić information content (AvgIpc) is 2.21. The fourth-order valence-electron chi connectivity index (χ4n) is 1.83. The van der Waals surface area contributed by atoms with Crippen LogP contribution < -0.4 is 5.73 Å². The van der Waals surface area contributed by atoms with Gasteiger partial charge in [0, 0.05) is 18.6 Å². The standard InChI is InChI=1S/C13H30N2O/c1-6-9-15(10-8-12(3,4)16)13(5,7-2)11-14/h16H,6-11,14H2,1-5H3. The Labute approximate surface area is 101 Å². The molecule has 0 spiro atoms. The van der Waals surface area contributed by atoms with Crippen molar-refractivity contribution in [1.82, 2.24) is 4.90 Å². The van der Waals surface area contributed by atoms with Crippen molar-refractivity contribution in [2.45, 2.75) is 65.0 Å². The lowest BCUT2D eigenvalue weighted by atomic mass is 9.94. The molecule has 0 aromatic carbocycles. The van der Waals surface area contributed by atoms with Crippen LogP contribution in [0.3, 0.4) is 0 Å². The molecule has 0 heterocycles. The fourth-order valence-corrected chi connectivity index (χ4v) is 1.83. The van der Waals surface area contributed by atoms with Gasteiger partial charge in [-0.2, -0.15) is 0 Å². The van der Waals surface area contributed by atoms with Gasteiger partial charge in [-0.05, 0) is 46.6 Å². The molecule has 0 aliphatic heterocycles. The first-order chi connectivity index (χ1) is 7.29. The maximum atomic E-state index is 9.79. The van der Waals surface area contributed by atoms with Gasteiger partial charge >= 0.3 is 0 Å². The highest BCUT2D eigenvalue weighted by Gasteiger charge is 2.28. The van der Waals surface area contributed by atoms with Crippen LogP contribution in [0.15, 0.2) is 0 Å². The zero-order valence-electron chi connectivity index (χ0n) is 11.7. The summed E-state index contributed by atoms with van der Waals surface area (Å²) in [5.41, 5.74) is 5.37. The third-order valence-corrected chi connectivity index (χ3v) is 3.45. The monoisotopic (exact) mass is 230 g/mol. The quantitative estimate of drug-likeness (QED) is 0.670. The van der Waals surface area contributed by atoms with Crippen molar-refractivity contribution in [2.24, 2.45) is 5.73 Å². The molecule has 0 rings (SSSR count). The molecule has 0 bridgehead atoms. The van der Waals surface area contributed by atoms with Gasteiger partial charge in [0.1, 0.15) is 0 Å². The second-order valence-corrected chi connectivity index (χ2v) is 5.60. The number of hydrogen-bond donors (Lipinski definition) is 2. The minimum absolute atomic E-state index is 0.0707. The van der Waals surface area contributed by atoms with Crippen molar-refractivity contribution in [2.75, 3.05) is 19.6 Å². The second kappa shape index (κ2) is 6.58. The van der Waals surface area contributed by atoms with Crippen LogP contribution in [0.4, 0.5) is 0 Å². The Morgan fingerprint density at radius 1 is 1.12 bits per heavy atom. The van der Waals surface area contributed by atoms with Crippen LogP contribution in [-0.4, -0.2) is 40.8 Å². The zero-order chi connectivity index (χ0) is 12.8. The Morgan fingerprint density at radius 3 is 2.00 bits per heavy atom. The van der Waals surface area contributed by atoms with E-state index in [9.17, 15) is 5.11 Å². The molecule has 0 saturated carbocycles. The molecule has 3 nitrogen and oxygen atoms in total. The van der Waals surface area contributed by atoms with Gasteiger partial charge in [-0.25, -0.2) is 0 Å². The Hall–Kier alpha value is -0.120. The summed E-state index contributed by atoms with van der Waals surface area (Å²) in [6, 6.07) is 0. The van der Waals surface area contributed by atoms with Crippen LogP contribution >= 0.6 is 0 Å². The second-order valence-electron chi connectivity index (χ2n) is 5.60. The van der Waals surface area contributed by atoms with Gasteiger partial charge < -0.3 is 10.8 Å². The van der Waals surface area contributed by atoms with E-state index < -0.39 is 5.60 Å². The summed E-state index contributed by atoms with van der Waals surface area (Å²) in [6.07, 6.45) is 2.97. The molecule has 0 aromatic heterocycles. The lowest BCUT2D eigenvalue weighted by Gasteiger charge is -2.41. The summed E-state index contributed by atoms with van der Waals surface area (Å²) in [7, 11) is 0. The highest BCUT2D eigenvalue weighted by molar-refractivity contribution is 4.86. The lowest BCUT2D eigenvalue weighted by molar-refractivity contribution is 0.0330. The Bertz CT molecular complexity index is 183. The van der Waals surface area contributed by atoms with Crippen LogP contribution in [0.1, 0.15) is 53.9 Å². The normalized spacial score (nSPS) is 16.5. The van der Waals surface area contributed by atoms with Crippen molar-refractivity contribution >= 4 is 0 Å². The SMILES string of the molecule is CCCN(CCC(C)(C)O)C(C)(CC)CN. The molecule has 0 aliphatic rings. The van der Waals surface area contributed by atoms with Gasteiger partial charge in [0.05, 0.1) is 5.60 Å². The van der Waals surface area contributed by atoms with Crippen LogP contribution in [0.5, 0.6) is 0 Å². The van der Waals surface area contributed by atoms with Gasteiger partial charge in [0.25, 0.3) is 0 Å². The number of hydrogen-bond acceptors (Lipinski definition) is 3. The molecule has 0 aromatic rings. The molecule has 3 N–H and O–H groups in total. The Kier molecular flexibility index (Phi) is 6.53.